The van der Waals surface area contributed by atoms with E-state index in [4.69, 9.17) is 24.0 Å². The largest absolute Gasteiger partial charge is 0.475 e. The Kier molecular flexibility index (Phi) is 6.33. The van der Waals surface area contributed by atoms with Crippen LogP contribution >= 0.6 is 7.82 Å². The molecule has 0 radical (unpaired) electrons. The van der Waals surface area contributed by atoms with Gasteiger partial charge in [-0.1, -0.05) is 0 Å². The number of ether oxygens (including phenoxy) is 1. The second-order valence-electron chi connectivity index (χ2n) is 7.31. The van der Waals surface area contributed by atoms with E-state index in [-0.39, 0.29) is 24.4 Å². The number of benzene rings is 1. The molecule has 0 saturated carbocycles. The molecule has 0 unspecified atom stereocenters. The summed E-state index contributed by atoms with van der Waals surface area (Å²) in [5.41, 5.74) is 3.98. The molecule has 5 atom stereocenters. The molecule has 2 fully saturated rings. The van der Waals surface area contributed by atoms with Gasteiger partial charge in [0.15, 0.2) is 6.10 Å². The van der Waals surface area contributed by atoms with Crippen LogP contribution in [0.15, 0.2) is 35.3 Å². The van der Waals surface area contributed by atoms with Gasteiger partial charge in [0.05, 0.1) is 19.3 Å². The van der Waals surface area contributed by atoms with Crippen LogP contribution in [-0.2, 0) is 22.9 Å². The van der Waals surface area contributed by atoms with Crippen molar-refractivity contribution in [3.8, 4) is 0 Å². The van der Waals surface area contributed by atoms with Crippen LogP contribution in [0.3, 0.4) is 0 Å². The molecule has 0 bridgehead atoms. The third-order valence-corrected chi connectivity index (χ3v) is 6.55. The summed E-state index contributed by atoms with van der Waals surface area (Å²) in [6.45, 7) is -1.11. The van der Waals surface area contributed by atoms with E-state index in [0.717, 1.165) is 30.5 Å². The summed E-state index contributed by atoms with van der Waals surface area (Å²) in [6, 6.07) is 3.72. The first-order chi connectivity index (χ1) is 15.5. The van der Waals surface area contributed by atoms with Crippen molar-refractivity contribution in [2.45, 2.75) is 36.9 Å². The molecular formula is C18H18F4N3O7P. The van der Waals surface area contributed by atoms with Crippen LogP contribution in [0.1, 0.15) is 24.3 Å². The zero-order chi connectivity index (χ0) is 24.0. The van der Waals surface area contributed by atoms with Crippen LogP contribution in [-0.4, -0.2) is 46.0 Å². The zero-order valence-corrected chi connectivity index (χ0v) is 17.5. The molecule has 0 amide bonds. The number of hydrogen-bond donors (Lipinski definition) is 2. The van der Waals surface area contributed by atoms with Crippen LogP contribution in [0, 0.1) is 11.6 Å². The van der Waals surface area contributed by atoms with Gasteiger partial charge < -0.3 is 15.6 Å². The average molecular weight is 495 g/mol. The first-order valence-electron chi connectivity index (χ1n) is 9.58. The van der Waals surface area contributed by atoms with Crippen LogP contribution in [0.2, 0.25) is 0 Å². The summed E-state index contributed by atoms with van der Waals surface area (Å²) in [5.74, 6) is -5.71. The number of aliphatic hydroxyl groups excluding tert-OH is 1. The Hall–Kier alpha value is -2.35. The fourth-order valence-electron chi connectivity index (χ4n) is 3.43. The lowest BCUT2D eigenvalue weighted by molar-refractivity contribution is -0.140. The second-order valence-corrected chi connectivity index (χ2v) is 8.93. The average Bonchev–Trinajstić information content (AvgIpc) is 2.97. The van der Waals surface area contributed by atoms with Crippen molar-refractivity contribution >= 4 is 13.6 Å². The molecule has 3 heterocycles. The Morgan fingerprint density at radius 3 is 2.82 bits per heavy atom. The number of nitrogens with two attached hydrogens (primary N) is 1. The smallest absolute Gasteiger partial charge is 0.384 e. The molecule has 2 aliphatic heterocycles. The number of halogens is 4. The number of phosphoric acid groups is 1. The van der Waals surface area contributed by atoms with Crippen LogP contribution in [0.25, 0.3) is 0 Å². The van der Waals surface area contributed by atoms with Gasteiger partial charge >= 0.3 is 19.4 Å². The van der Waals surface area contributed by atoms with Gasteiger partial charge in [-0.3, -0.25) is 18.1 Å². The van der Waals surface area contributed by atoms with Gasteiger partial charge in [0.2, 0.25) is 6.23 Å². The Morgan fingerprint density at radius 1 is 1.33 bits per heavy atom. The highest BCUT2D eigenvalue weighted by atomic mass is 31.2. The Balaban J connectivity index is 1.47. The van der Waals surface area contributed by atoms with Crippen molar-refractivity contribution in [2.75, 3.05) is 18.9 Å². The Bertz CT molecular complexity index is 1150. The minimum absolute atomic E-state index is 0.0173. The van der Waals surface area contributed by atoms with E-state index in [1.165, 1.54) is 0 Å². The number of aromatic nitrogens is 2. The molecule has 3 N–H and O–H groups in total. The molecular weight excluding hydrogens is 477 g/mol. The molecule has 2 saturated heterocycles. The van der Waals surface area contributed by atoms with Crippen molar-refractivity contribution in [2.24, 2.45) is 0 Å². The van der Waals surface area contributed by atoms with Crippen molar-refractivity contribution in [1.29, 1.82) is 0 Å². The first-order valence-corrected chi connectivity index (χ1v) is 11.0. The summed E-state index contributed by atoms with van der Waals surface area (Å²) in [5, 5.41) is 10.0. The highest BCUT2D eigenvalue weighted by Crippen LogP contribution is 2.57. The predicted molar refractivity (Wildman–Crippen MR) is 102 cm³/mol. The number of anilines is 1. The molecule has 2 aromatic rings. The maximum atomic E-state index is 14.6. The van der Waals surface area contributed by atoms with E-state index in [9.17, 15) is 32.0 Å². The van der Waals surface area contributed by atoms with Crippen molar-refractivity contribution in [3.63, 3.8) is 0 Å². The third-order valence-electron chi connectivity index (χ3n) is 5.07. The molecule has 180 valence electrons. The number of rotatable bonds is 5. The van der Waals surface area contributed by atoms with Gasteiger partial charge in [0, 0.05) is 18.2 Å². The number of hydrogen-bond acceptors (Lipinski definition) is 9. The topological polar surface area (TPSA) is 135 Å². The lowest BCUT2D eigenvalue weighted by Gasteiger charge is -2.30. The molecule has 0 aliphatic carbocycles. The minimum Gasteiger partial charge on any atom is -0.384 e. The number of aliphatic hydroxyl groups is 1. The highest BCUT2D eigenvalue weighted by molar-refractivity contribution is 7.48. The monoisotopic (exact) mass is 495 g/mol. The molecule has 1 aromatic carbocycles. The van der Waals surface area contributed by atoms with E-state index >= 15 is 0 Å². The van der Waals surface area contributed by atoms with Crippen molar-refractivity contribution in [3.05, 3.63) is 58.1 Å². The maximum absolute atomic E-state index is 14.6. The molecule has 1 aromatic heterocycles. The normalized spacial score (nSPS) is 31.5. The molecule has 10 nitrogen and oxygen atoms in total. The quantitative estimate of drug-likeness (QED) is 0.473. The van der Waals surface area contributed by atoms with Gasteiger partial charge in [-0.2, -0.15) is 13.8 Å². The SMILES string of the molecule is Nc1ccn([C@@H]2O[C@H](CO[P@]3(=O)OCC[C@H](c4cc(F)ccc4F)O3)[C@@H](O)C2(F)F)c(=O)n1. The summed E-state index contributed by atoms with van der Waals surface area (Å²) in [6.07, 6.45) is -6.71. The van der Waals surface area contributed by atoms with E-state index in [1.807, 2.05) is 0 Å². The van der Waals surface area contributed by atoms with E-state index < -0.39 is 62.2 Å². The van der Waals surface area contributed by atoms with Crippen LogP contribution in [0.5, 0.6) is 0 Å². The van der Waals surface area contributed by atoms with Crippen LogP contribution in [0.4, 0.5) is 23.4 Å². The molecule has 15 heteroatoms. The molecule has 0 spiro atoms. The first kappa shape index (κ1) is 23.8. The number of nitrogen functional groups attached to an aromatic ring is 1. The summed E-state index contributed by atoms with van der Waals surface area (Å²) < 4.78 is 90.2. The number of phosphoric ester groups is 1. The zero-order valence-electron chi connectivity index (χ0n) is 16.6. The number of nitrogens with zero attached hydrogens (tertiary/aromatic N) is 2. The lowest BCUT2D eigenvalue weighted by Crippen LogP contribution is -2.42. The fraction of sp³-hybridized carbons (Fsp3) is 0.444. The van der Waals surface area contributed by atoms with Gasteiger partial charge in [-0.25, -0.2) is 18.1 Å². The van der Waals surface area contributed by atoms with Gasteiger partial charge in [-0.05, 0) is 24.3 Å². The van der Waals surface area contributed by atoms with Crippen molar-refractivity contribution in [1.82, 2.24) is 9.55 Å². The third kappa shape index (κ3) is 4.67. The van der Waals surface area contributed by atoms with Gasteiger partial charge in [0.1, 0.15) is 23.6 Å². The lowest BCUT2D eigenvalue weighted by atomic mass is 10.1. The highest BCUT2D eigenvalue weighted by Gasteiger charge is 2.60. The van der Waals surface area contributed by atoms with Crippen LogP contribution < -0.4 is 11.4 Å². The van der Waals surface area contributed by atoms with E-state index in [2.05, 4.69) is 4.98 Å². The molecule has 2 aliphatic rings. The fourth-order valence-corrected chi connectivity index (χ4v) is 4.81. The van der Waals surface area contributed by atoms with E-state index in [0.29, 0.717) is 4.57 Å². The summed E-state index contributed by atoms with van der Waals surface area (Å²) in [7, 11) is -4.42. The minimum atomic E-state index is -4.42. The Morgan fingerprint density at radius 2 is 2.09 bits per heavy atom. The molecule has 4 rings (SSSR count). The summed E-state index contributed by atoms with van der Waals surface area (Å²) >= 11 is 0. The Labute approximate surface area is 183 Å². The molecule has 33 heavy (non-hydrogen) atoms. The van der Waals surface area contributed by atoms with Gasteiger partial charge in [-0.15, -0.1) is 0 Å². The predicted octanol–water partition coefficient (Wildman–Crippen LogP) is 2.30. The summed E-state index contributed by atoms with van der Waals surface area (Å²) in [4.78, 5) is 15.2. The standard InChI is InChI=1S/C18H18F4N3O7P/c19-9-1-2-11(20)10(7-9)12-4-6-29-33(28,32-12)30-8-13-15(26)18(21,22)16(31-13)25-5-3-14(23)24-17(25)27/h1-3,5,7,12-13,15-16,26H,4,6,8H2,(H2,23,24,27)/t12-,13-,15-,16-,33+/m1/s1. The van der Waals surface area contributed by atoms with Crippen molar-refractivity contribution < 1.29 is 45.5 Å². The second kappa shape index (κ2) is 8.78. The van der Waals surface area contributed by atoms with E-state index in [1.54, 1.807) is 0 Å². The van der Waals surface area contributed by atoms with Gasteiger partial charge in [0.25, 0.3) is 0 Å². The number of alkyl halides is 2. The maximum Gasteiger partial charge on any atom is 0.475 e.